The van der Waals surface area contributed by atoms with E-state index >= 15 is 0 Å². The molecule has 11 heavy (non-hydrogen) atoms. The zero-order valence-electron chi connectivity index (χ0n) is 6.69. The van der Waals surface area contributed by atoms with Crippen LogP contribution in [0.5, 0.6) is 0 Å². The van der Waals surface area contributed by atoms with Crippen LogP contribution >= 0.6 is 11.6 Å². The number of nitrogens with zero attached hydrogens (tertiary/aromatic N) is 1. The molecule has 1 N–H and O–H groups in total. The van der Waals surface area contributed by atoms with E-state index in [-0.39, 0.29) is 0 Å². The molecule has 0 amide bonds. The summed E-state index contributed by atoms with van der Waals surface area (Å²) < 4.78 is 0. The van der Waals surface area contributed by atoms with Crippen LogP contribution in [0.25, 0.3) is 0 Å². The van der Waals surface area contributed by atoms with E-state index in [0.29, 0.717) is 11.8 Å². The molecule has 0 aromatic heterocycles. The molecule has 0 aromatic rings. The second kappa shape index (κ2) is 3.58. The Bertz CT molecular complexity index is 238. The first-order valence-electron chi connectivity index (χ1n) is 3.53. The lowest BCUT2D eigenvalue weighted by Crippen LogP contribution is -2.22. The van der Waals surface area contributed by atoms with Crippen molar-refractivity contribution in [1.29, 1.82) is 0 Å². The highest BCUT2D eigenvalue weighted by atomic mass is 35.5. The topological polar surface area (TPSA) is 24.4 Å². The van der Waals surface area contributed by atoms with Crippen LogP contribution in [-0.2, 0) is 0 Å². The Balaban J connectivity index is 2.76. The molecule has 0 saturated heterocycles. The molecular weight excluding hydrogens is 160 g/mol. The Morgan fingerprint density at radius 1 is 1.64 bits per heavy atom. The molecule has 0 saturated carbocycles. The molecule has 1 aliphatic heterocycles. The monoisotopic (exact) mass is 170 g/mol. The van der Waals surface area contributed by atoms with Gasteiger partial charge in [0.1, 0.15) is 0 Å². The van der Waals surface area contributed by atoms with E-state index in [1.165, 1.54) is 5.57 Å². The van der Waals surface area contributed by atoms with E-state index in [1.54, 1.807) is 0 Å². The molecule has 0 radical (unpaired) electrons. The molecule has 1 aliphatic rings. The molecular formula is C8H11ClN2. The lowest BCUT2D eigenvalue weighted by molar-refractivity contribution is 0.995. The van der Waals surface area contributed by atoms with Crippen molar-refractivity contribution in [1.82, 2.24) is 5.32 Å². The molecule has 0 unspecified atom stereocenters. The average Bonchev–Trinajstić information content (AvgIpc) is 1.98. The summed E-state index contributed by atoms with van der Waals surface area (Å²) in [6, 6.07) is 0. The second-order valence-electron chi connectivity index (χ2n) is 2.43. The SMILES string of the molecule is C/C=C\C1=C(C)CN=C(Cl)N1. The first-order chi connectivity index (χ1) is 5.24. The number of allylic oxidation sites excluding steroid dienone is 2. The summed E-state index contributed by atoms with van der Waals surface area (Å²) >= 11 is 5.68. The predicted octanol–water partition coefficient (Wildman–Crippen LogP) is 2.03. The van der Waals surface area contributed by atoms with Gasteiger partial charge in [-0.2, -0.15) is 0 Å². The fourth-order valence-electron chi connectivity index (χ4n) is 0.881. The van der Waals surface area contributed by atoms with Gasteiger partial charge >= 0.3 is 0 Å². The number of aliphatic imine (C=N–C) groups is 1. The standard InChI is InChI=1S/C8H11ClN2/c1-3-4-7-6(2)5-10-8(9)11-7/h3-4H,5H2,1-2H3,(H,10,11)/b4-3-. The van der Waals surface area contributed by atoms with Crippen LogP contribution in [0.1, 0.15) is 13.8 Å². The van der Waals surface area contributed by atoms with Gasteiger partial charge in [0.15, 0.2) is 5.29 Å². The van der Waals surface area contributed by atoms with E-state index < -0.39 is 0 Å². The van der Waals surface area contributed by atoms with Gasteiger partial charge in [-0.05, 0) is 37.1 Å². The summed E-state index contributed by atoms with van der Waals surface area (Å²) in [5.74, 6) is 0. The van der Waals surface area contributed by atoms with E-state index in [2.05, 4.69) is 10.3 Å². The summed E-state index contributed by atoms with van der Waals surface area (Å²) in [4.78, 5) is 4.02. The number of hydrogen-bond acceptors (Lipinski definition) is 2. The van der Waals surface area contributed by atoms with Crippen molar-refractivity contribution in [3.63, 3.8) is 0 Å². The highest BCUT2D eigenvalue weighted by molar-refractivity contribution is 6.65. The third-order valence-electron chi connectivity index (χ3n) is 1.49. The third-order valence-corrected chi connectivity index (χ3v) is 1.70. The van der Waals surface area contributed by atoms with Gasteiger partial charge in [-0.25, -0.2) is 0 Å². The van der Waals surface area contributed by atoms with Gasteiger partial charge in [0.25, 0.3) is 0 Å². The Hall–Kier alpha value is -0.760. The molecule has 2 nitrogen and oxygen atoms in total. The third kappa shape index (κ3) is 2.09. The maximum absolute atomic E-state index is 5.68. The summed E-state index contributed by atoms with van der Waals surface area (Å²) in [7, 11) is 0. The van der Waals surface area contributed by atoms with Gasteiger partial charge in [0.05, 0.1) is 6.54 Å². The maximum Gasteiger partial charge on any atom is 0.196 e. The summed E-state index contributed by atoms with van der Waals surface area (Å²) in [6.07, 6.45) is 3.97. The van der Waals surface area contributed by atoms with Crippen molar-refractivity contribution in [3.8, 4) is 0 Å². The Morgan fingerprint density at radius 2 is 2.36 bits per heavy atom. The first-order valence-corrected chi connectivity index (χ1v) is 3.91. The Labute approximate surface area is 71.7 Å². The molecule has 0 bridgehead atoms. The zero-order chi connectivity index (χ0) is 8.27. The predicted molar refractivity (Wildman–Crippen MR) is 48.8 cm³/mol. The van der Waals surface area contributed by atoms with Crippen LogP contribution in [0, 0.1) is 0 Å². The molecule has 0 aromatic carbocycles. The fourth-order valence-corrected chi connectivity index (χ4v) is 1.04. The summed E-state index contributed by atoms with van der Waals surface area (Å²) in [5.41, 5.74) is 2.28. The quantitative estimate of drug-likeness (QED) is 0.599. The van der Waals surface area contributed by atoms with Gasteiger partial charge in [-0.15, -0.1) is 0 Å². The van der Waals surface area contributed by atoms with Crippen LogP contribution in [0.2, 0.25) is 0 Å². The number of rotatable bonds is 1. The van der Waals surface area contributed by atoms with E-state index in [4.69, 9.17) is 11.6 Å². The molecule has 0 spiro atoms. The summed E-state index contributed by atoms with van der Waals surface area (Å²) in [5, 5.41) is 3.45. The molecule has 1 heterocycles. The van der Waals surface area contributed by atoms with Crippen molar-refractivity contribution in [2.75, 3.05) is 6.54 Å². The normalized spacial score (nSPS) is 18.6. The van der Waals surface area contributed by atoms with Crippen LogP contribution in [0.4, 0.5) is 0 Å². The van der Waals surface area contributed by atoms with Crippen molar-refractivity contribution < 1.29 is 0 Å². The number of amidine groups is 1. The molecule has 3 heteroatoms. The lowest BCUT2D eigenvalue weighted by atomic mass is 10.2. The van der Waals surface area contributed by atoms with E-state index in [0.717, 1.165) is 5.70 Å². The lowest BCUT2D eigenvalue weighted by Gasteiger charge is -2.13. The molecule has 0 atom stereocenters. The Morgan fingerprint density at radius 3 is 3.00 bits per heavy atom. The minimum atomic E-state index is 0.476. The van der Waals surface area contributed by atoms with Gasteiger partial charge in [0, 0.05) is 5.70 Å². The first kappa shape index (κ1) is 8.34. The van der Waals surface area contributed by atoms with Gasteiger partial charge in [0.2, 0.25) is 0 Å². The molecule has 0 fully saturated rings. The largest absolute Gasteiger partial charge is 0.331 e. The second-order valence-corrected chi connectivity index (χ2v) is 2.78. The van der Waals surface area contributed by atoms with Crippen LogP contribution in [0.15, 0.2) is 28.4 Å². The van der Waals surface area contributed by atoms with Crippen LogP contribution in [-0.4, -0.2) is 11.8 Å². The van der Waals surface area contributed by atoms with Crippen LogP contribution < -0.4 is 5.32 Å². The Kier molecular flexibility index (Phi) is 2.71. The van der Waals surface area contributed by atoms with Crippen molar-refractivity contribution in [3.05, 3.63) is 23.4 Å². The highest BCUT2D eigenvalue weighted by Crippen LogP contribution is 2.08. The van der Waals surface area contributed by atoms with Gasteiger partial charge in [-0.1, -0.05) is 6.08 Å². The van der Waals surface area contributed by atoms with Crippen LogP contribution in [0.3, 0.4) is 0 Å². The molecule has 1 rings (SSSR count). The number of halogens is 1. The van der Waals surface area contributed by atoms with Gasteiger partial charge in [-0.3, -0.25) is 4.99 Å². The van der Waals surface area contributed by atoms with Crippen molar-refractivity contribution in [2.24, 2.45) is 4.99 Å². The summed E-state index contributed by atoms with van der Waals surface area (Å²) in [6.45, 7) is 4.71. The average molecular weight is 171 g/mol. The molecule has 0 aliphatic carbocycles. The number of nitrogens with one attached hydrogen (secondary N) is 1. The molecule has 60 valence electrons. The smallest absolute Gasteiger partial charge is 0.196 e. The zero-order valence-corrected chi connectivity index (χ0v) is 7.44. The van der Waals surface area contributed by atoms with E-state index in [1.807, 2.05) is 26.0 Å². The number of hydrogen-bond donors (Lipinski definition) is 1. The van der Waals surface area contributed by atoms with Crippen molar-refractivity contribution >= 4 is 16.9 Å². The maximum atomic E-state index is 5.68. The minimum Gasteiger partial charge on any atom is -0.331 e. The van der Waals surface area contributed by atoms with E-state index in [9.17, 15) is 0 Å². The van der Waals surface area contributed by atoms with Crippen molar-refractivity contribution in [2.45, 2.75) is 13.8 Å². The fraction of sp³-hybridized carbons (Fsp3) is 0.375. The van der Waals surface area contributed by atoms with Gasteiger partial charge < -0.3 is 5.32 Å². The highest BCUT2D eigenvalue weighted by Gasteiger charge is 2.06. The minimum absolute atomic E-state index is 0.476.